The summed E-state index contributed by atoms with van der Waals surface area (Å²) in [5.74, 6) is 0.402. The number of nitrogens with zero attached hydrogens (tertiary/aromatic N) is 2. The summed E-state index contributed by atoms with van der Waals surface area (Å²) in [6.07, 6.45) is 4.52. The minimum atomic E-state index is -3.99. The van der Waals surface area contributed by atoms with Crippen LogP contribution in [0, 0.1) is 0 Å². The van der Waals surface area contributed by atoms with Crippen molar-refractivity contribution in [2.24, 2.45) is 0 Å². The number of benzene rings is 1. The molecule has 9 heteroatoms. The Labute approximate surface area is 144 Å². The number of nitrogens with one attached hydrogen (secondary N) is 1. The van der Waals surface area contributed by atoms with Crippen molar-refractivity contribution in [2.75, 3.05) is 17.9 Å². The van der Waals surface area contributed by atoms with Gasteiger partial charge in [0.1, 0.15) is 10.7 Å². The first kappa shape index (κ1) is 16.9. The summed E-state index contributed by atoms with van der Waals surface area (Å²) in [6.45, 7) is 1.35. The van der Waals surface area contributed by atoms with Crippen LogP contribution in [0.15, 0.2) is 35.5 Å². The third-order valence-corrected chi connectivity index (χ3v) is 5.47. The van der Waals surface area contributed by atoms with Crippen molar-refractivity contribution in [1.29, 1.82) is 0 Å². The first-order valence-electron chi connectivity index (χ1n) is 7.37. The highest BCUT2D eigenvalue weighted by atomic mass is 35.5. The molecule has 2 heterocycles. The topological polar surface area (TPSA) is 101 Å². The number of hydrogen-bond acceptors (Lipinski definition) is 6. The molecule has 0 atom stereocenters. The van der Waals surface area contributed by atoms with Crippen LogP contribution in [0.4, 0.5) is 5.69 Å². The van der Waals surface area contributed by atoms with E-state index in [4.69, 9.17) is 16.3 Å². The molecule has 1 aromatic heterocycles. The van der Waals surface area contributed by atoms with Crippen molar-refractivity contribution in [3.05, 3.63) is 41.4 Å². The Hall–Kier alpha value is -1.90. The SMILES string of the molecule is O=S(=O)(Nc1cnc(C2CCOCC2)nc1)c1cccc(Cl)c1O. The van der Waals surface area contributed by atoms with Crippen LogP contribution in [0.25, 0.3) is 0 Å². The second kappa shape index (κ2) is 6.92. The van der Waals surface area contributed by atoms with Gasteiger partial charge in [0.25, 0.3) is 10.0 Å². The van der Waals surface area contributed by atoms with E-state index in [1.54, 1.807) is 0 Å². The molecular weight excluding hydrogens is 354 g/mol. The molecule has 1 aliphatic heterocycles. The van der Waals surface area contributed by atoms with E-state index in [0.29, 0.717) is 19.0 Å². The molecule has 0 spiro atoms. The number of halogens is 1. The smallest absolute Gasteiger partial charge is 0.265 e. The Morgan fingerprint density at radius 3 is 2.54 bits per heavy atom. The quantitative estimate of drug-likeness (QED) is 0.858. The van der Waals surface area contributed by atoms with Gasteiger partial charge in [-0.3, -0.25) is 4.72 Å². The van der Waals surface area contributed by atoms with Crippen LogP contribution in [-0.2, 0) is 14.8 Å². The van der Waals surface area contributed by atoms with Gasteiger partial charge in [-0.1, -0.05) is 17.7 Å². The van der Waals surface area contributed by atoms with Crippen molar-refractivity contribution in [2.45, 2.75) is 23.7 Å². The van der Waals surface area contributed by atoms with E-state index < -0.39 is 15.8 Å². The number of aromatic hydroxyl groups is 1. The fourth-order valence-corrected chi connectivity index (χ4v) is 3.86. The average Bonchev–Trinajstić information content (AvgIpc) is 2.58. The van der Waals surface area contributed by atoms with Crippen LogP contribution in [0.2, 0.25) is 5.02 Å². The summed E-state index contributed by atoms with van der Waals surface area (Å²) < 4.78 is 32.4. The second-order valence-corrected chi connectivity index (χ2v) is 7.47. The monoisotopic (exact) mass is 369 g/mol. The molecule has 1 aromatic carbocycles. The predicted molar refractivity (Wildman–Crippen MR) is 88.8 cm³/mol. The Morgan fingerprint density at radius 1 is 1.21 bits per heavy atom. The number of phenolic OH excluding ortho intramolecular Hbond substituents is 1. The van der Waals surface area contributed by atoms with E-state index in [0.717, 1.165) is 12.8 Å². The highest BCUT2D eigenvalue weighted by Gasteiger charge is 2.22. The second-order valence-electron chi connectivity index (χ2n) is 5.41. The van der Waals surface area contributed by atoms with Gasteiger partial charge in [-0.2, -0.15) is 0 Å². The van der Waals surface area contributed by atoms with Crippen LogP contribution in [0.3, 0.4) is 0 Å². The first-order valence-corrected chi connectivity index (χ1v) is 9.23. The van der Waals surface area contributed by atoms with Crippen molar-refractivity contribution in [1.82, 2.24) is 9.97 Å². The van der Waals surface area contributed by atoms with Gasteiger partial charge < -0.3 is 9.84 Å². The van der Waals surface area contributed by atoms with Crippen molar-refractivity contribution < 1.29 is 18.3 Å². The zero-order chi connectivity index (χ0) is 17.2. The highest BCUT2D eigenvalue weighted by Crippen LogP contribution is 2.31. The Bertz CT molecular complexity index is 821. The van der Waals surface area contributed by atoms with Crippen molar-refractivity contribution in [3.8, 4) is 5.75 Å². The van der Waals surface area contributed by atoms with Gasteiger partial charge >= 0.3 is 0 Å². The highest BCUT2D eigenvalue weighted by molar-refractivity contribution is 7.92. The van der Waals surface area contributed by atoms with E-state index >= 15 is 0 Å². The zero-order valence-electron chi connectivity index (χ0n) is 12.6. The molecule has 0 radical (unpaired) electrons. The van der Waals surface area contributed by atoms with Gasteiger partial charge in [0.05, 0.1) is 23.1 Å². The van der Waals surface area contributed by atoms with Gasteiger partial charge in [0.2, 0.25) is 0 Å². The maximum atomic E-state index is 12.4. The molecule has 2 aromatic rings. The molecule has 24 heavy (non-hydrogen) atoms. The van der Waals surface area contributed by atoms with Crippen molar-refractivity contribution in [3.63, 3.8) is 0 Å². The van der Waals surface area contributed by atoms with Gasteiger partial charge in [-0.05, 0) is 25.0 Å². The number of sulfonamides is 1. The zero-order valence-corrected chi connectivity index (χ0v) is 14.2. The summed E-state index contributed by atoms with van der Waals surface area (Å²) in [7, 11) is -3.99. The lowest BCUT2D eigenvalue weighted by atomic mass is 10.00. The van der Waals surface area contributed by atoms with Crippen LogP contribution in [-0.4, -0.2) is 36.7 Å². The fraction of sp³-hybridized carbons (Fsp3) is 0.333. The molecule has 1 saturated heterocycles. The van der Waals surface area contributed by atoms with Crippen molar-refractivity contribution >= 4 is 27.3 Å². The molecule has 0 unspecified atom stereocenters. The lowest BCUT2D eigenvalue weighted by molar-refractivity contribution is 0.0836. The Morgan fingerprint density at radius 2 is 1.88 bits per heavy atom. The largest absolute Gasteiger partial charge is 0.505 e. The maximum Gasteiger partial charge on any atom is 0.265 e. The molecule has 0 saturated carbocycles. The number of para-hydroxylation sites is 1. The third-order valence-electron chi connectivity index (χ3n) is 3.75. The number of rotatable bonds is 4. The van der Waals surface area contributed by atoms with Gasteiger partial charge in [0, 0.05) is 19.1 Å². The number of phenols is 1. The molecular formula is C15H16ClN3O4S. The van der Waals surface area contributed by atoms with Gasteiger partial charge in [-0.25, -0.2) is 18.4 Å². The standard InChI is InChI=1S/C15H16ClN3O4S/c16-12-2-1-3-13(14(12)20)24(21,22)19-11-8-17-15(18-9-11)10-4-6-23-7-5-10/h1-3,8-10,19-20H,4-7H2. The van der Waals surface area contributed by atoms with E-state index in [9.17, 15) is 13.5 Å². The average molecular weight is 370 g/mol. The number of hydrogen-bond donors (Lipinski definition) is 2. The minimum Gasteiger partial charge on any atom is -0.505 e. The molecule has 7 nitrogen and oxygen atoms in total. The van der Waals surface area contributed by atoms with Gasteiger partial charge in [0.15, 0.2) is 5.75 Å². The number of anilines is 1. The van der Waals surface area contributed by atoms with E-state index in [1.807, 2.05) is 0 Å². The third kappa shape index (κ3) is 3.61. The van der Waals surface area contributed by atoms with Crippen LogP contribution >= 0.6 is 11.6 Å². The van der Waals surface area contributed by atoms with Crippen LogP contribution in [0.1, 0.15) is 24.6 Å². The molecule has 0 bridgehead atoms. The first-order chi connectivity index (χ1) is 11.5. The molecule has 1 aliphatic rings. The molecule has 128 valence electrons. The minimum absolute atomic E-state index is 0.0380. The molecule has 2 N–H and O–H groups in total. The molecule has 0 aliphatic carbocycles. The summed E-state index contributed by atoms with van der Waals surface area (Å²) in [5, 5.41) is 9.79. The molecule has 0 amide bonds. The normalized spacial score (nSPS) is 16.0. The van der Waals surface area contributed by atoms with E-state index in [1.165, 1.54) is 30.6 Å². The lowest BCUT2D eigenvalue weighted by Crippen LogP contribution is -2.17. The molecule has 3 rings (SSSR count). The Balaban J connectivity index is 1.79. The lowest BCUT2D eigenvalue weighted by Gasteiger charge is -2.20. The summed E-state index contributed by atoms with van der Waals surface area (Å²) >= 11 is 5.75. The van der Waals surface area contributed by atoms with Crippen LogP contribution < -0.4 is 4.72 Å². The predicted octanol–water partition coefficient (Wildman–Crippen LogP) is 2.53. The van der Waals surface area contributed by atoms with Crippen LogP contribution in [0.5, 0.6) is 5.75 Å². The van der Waals surface area contributed by atoms with E-state index in [2.05, 4.69) is 14.7 Å². The summed E-state index contributed by atoms with van der Waals surface area (Å²) in [4.78, 5) is 8.17. The number of aromatic nitrogens is 2. The molecule has 1 fully saturated rings. The summed E-state index contributed by atoms with van der Waals surface area (Å²) in [6, 6.07) is 4.11. The van der Waals surface area contributed by atoms with Gasteiger partial charge in [-0.15, -0.1) is 0 Å². The maximum absolute atomic E-state index is 12.4. The summed E-state index contributed by atoms with van der Waals surface area (Å²) in [5.41, 5.74) is 0.213. The fourth-order valence-electron chi connectivity index (χ4n) is 2.48. The Kier molecular flexibility index (Phi) is 4.88. The van der Waals surface area contributed by atoms with E-state index in [-0.39, 0.29) is 21.5 Å². The number of ether oxygens (including phenoxy) is 1.